The Labute approximate surface area is 174 Å². The van der Waals surface area contributed by atoms with Crippen LogP contribution in [0.3, 0.4) is 0 Å². The van der Waals surface area contributed by atoms with Crippen LogP contribution in [-0.2, 0) is 6.54 Å². The average molecular weight is 399 g/mol. The highest BCUT2D eigenvalue weighted by Gasteiger charge is 2.35. The molecule has 29 heavy (non-hydrogen) atoms. The predicted molar refractivity (Wildman–Crippen MR) is 117 cm³/mol. The second kappa shape index (κ2) is 9.55. The number of ether oxygens (including phenoxy) is 1. The normalized spacial score (nSPS) is 22.5. The van der Waals surface area contributed by atoms with Crippen molar-refractivity contribution in [2.45, 2.75) is 51.8 Å². The molecule has 158 valence electrons. The predicted octanol–water partition coefficient (Wildman–Crippen LogP) is 3.49. The summed E-state index contributed by atoms with van der Waals surface area (Å²) in [6, 6.07) is 10.7. The molecule has 4 atom stereocenters. The van der Waals surface area contributed by atoms with E-state index in [0.29, 0.717) is 29.4 Å². The third-order valence-corrected chi connectivity index (χ3v) is 6.18. The number of hydrogen-bond acceptors (Lipinski definition) is 6. The summed E-state index contributed by atoms with van der Waals surface area (Å²) in [5.41, 5.74) is 3.03. The van der Waals surface area contributed by atoms with Crippen molar-refractivity contribution < 1.29 is 9.84 Å². The van der Waals surface area contributed by atoms with Crippen molar-refractivity contribution in [3.8, 4) is 17.0 Å². The van der Waals surface area contributed by atoms with E-state index < -0.39 is 0 Å². The van der Waals surface area contributed by atoms with E-state index in [1.807, 2.05) is 25.1 Å². The molecule has 6 heteroatoms. The zero-order chi connectivity index (χ0) is 21.0. The summed E-state index contributed by atoms with van der Waals surface area (Å²) in [6.07, 6.45) is 2.85. The Bertz CT molecular complexity index is 794. The number of anilines is 1. The molecule has 2 aromatic rings. The molecule has 1 aliphatic carbocycles. The Hall–Kier alpha value is -2.18. The molecule has 0 radical (unpaired) electrons. The minimum atomic E-state index is -0.177. The second-order valence-corrected chi connectivity index (χ2v) is 8.38. The first-order chi connectivity index (χ1) is 13.9. The Morgan fingerprint density at radius 1 is 1.21 bits per heavy atom. The number of rotatable bonds is 8. The highest BCUT2D eigenvalue weighted by atomic mass is 16.5. The Morgan fingerprint density at radius 2 is 1.93 bits per heavy atom. The van der Waals surface area contributed by atoms with Crippen molar-refractivity contribution in [1.82, 2.24) is 15.5 Å². The molecule has 1 aromatic heterocycles. The van der Waals surface area contributed by atoms with Gasteiger partial charge in [0.15, 0.2) is 11.6 Å². The SMILES string of the molecule is CCC(C)C1CC(NCc2ccc(-c3cc(OC)c(N(C)C)nn3)cc2)CC1O. The Balaban J connectivity index is 1.61. The third kappa shape index (κ3) is 5.06. The first-order valence-electron chi connectivity index (χ1n) is 10.5. The van der Waals surface area contributed by atoms with Gasteiger partial charge in [0, 0.05) is 38.3 Å². The summed E-state index contributed by atoms with van der Waals surface area (Å²) >= 11 is 0. The maximum absolute atomic E-state index is 10.4. The van der Waals surface area contributed by atoms with Crippen LogP contribution in [0.25, 0.3) is 11.3 Å². The summed E-state index contributed by atoms with van der Waals surface area (Å²) < 4.78 is 5.46. The molecule has 2 N–H and O–H groups in total. The number of methoxy groups -OCH3 is 1. The van der Waals surface area contributed by atoms with Crippen LogP contribution in [0, 0.1) is 11.8 Å². The van der Waals surface area contributed by atoms with Crippen LogP contribution in [0.5, 0.6) is 5.75 Å². The zero-order valence-electron chi connectivity index (χ0n) is 18.2. The van der Waals surface area contributed by atoms with Crippen molar-refractivity contribution in [2.24, 2.45) is 11.8 Å². The molecule has 4 unspecified atom stereocenters. The molecule has 0 spiro atoms. The lowest BCUT2D eigenvalue weighted by atomic mass is 9.89. The fourth-order valence-electron chi connectivity index (χ4n) is 4.15. The molecule has 1 aliphatic rings. The molecular formula is C23H34N4O2. The van der Waals surface area contributed by atoms with Gasteiger partial charge in [0.05, 0.1) is 18.9 Å². The summed E-state index contributed by atoms with van der Waals surface area (Å²) in [6.45, 7) is 5.26. The van der Waals surface area contributed by atoms with Crippen molar-refractivity contribution in [3.63, 3.8) is 0 Å². The Morgan fingerprint density at radius 3 is 2.55 bits per heavy atom. The standard InChI is InChI=1S/C23H34N4O2/c1-6-15(2)19-11-18(12-21(19)28)24-14-16-7-9-17(10-8-16)20-13-22(29-5)23(26-25-20)27(3)4/h7-10,13,15,18-19,21,24,28H,6,11-12,14H2,1-5H3. The van der Waals surface area contributed by atoms with Crippen LogP contribution in [0.2, 0.25) is 0 Å². The molecule has 0 saturated heterocycles. The molecule has 1 fully saturated rings. The molecule has 0 aliphatic heterocycles. The van der Waals surface area contributed by atoms with Gasteiger partial charge in [-0.3, -0.25) is 0 Å². The fraction of sp³-hybridized carbons (Fsp3) is 0.565. The minimum absolute atomic E-state index is 0.177. The summed E-state index contributed by atoms with van der Waals surface area (Å²) in [7, 11) is 5.49. The van der Waals surface area contributed by atoms with Gasteiger partial charge in [-0.15, -0.1) is 10.2 Å². The molecule has 0 amide bonds. The van der Waals surface area contributed by atoms with Gasteiger partial charge in [0.2, 0.25) is 0 Å². The van der Waals surface area contributed by atoms with E-state index in [2.05, 4.69) is 53.6 Å². The highest BCUT2D eigenvalue weighted by Crippen LogP contribution is 2.34. The van der Waals surface area contributed by atoms with E-state index in [1.54, 1.807) is 7.11 Å². The van der Waals surface area contributed by atoms with E-state index in [-0.39, 0.29) is 6.10 Å². The van der Waals surface area contributed by atoms with Crippen LogP contribution < -0.4 is 15.0 Å². The van der Waals surface area contributed by atoms with E-state index in [4.69, 9.17) is 4.74 Å². The monoisotopic (exact) mass is 398 g/mol. The lowest BCUT2D eigenvalue weighted by molar-refractivity contribution is 0.101. The fourth-order valence-corrected chi connectivity index (χ4v) is 4.15. The van der Waals surface area contributed by atoms with Gasteiger partial charge < -0.3 is 20.1 Å². The number of hydrogen-bond donors (Lipinski definition) is 2. The second-order valence-electron chi connectivity index (χ2n) is 8.38. The molecule has 6 nitrogen and oxygen atoms in total. The molecule has 3 rings (SSSR count). The first-order valence-corrected chi connectivity index (χ1v) is 10.5. The number of aliphatic hydroxyl groups excluding tert-OH is 1. The maximum atomic E-state index is 10.4. The highest BCUT2D eigenvalue weighted by molar-refractivity contribution is 5.64. The smallest absolute Gasteiger partial charge is 0.193 e. The van der Waals surface area contributed by atoms with Crippen LogP contribution in [0.4, 0.5) is 5.82 Å². The van der Waals surface area contributed by atoms with Crippen molar-refractivity contribution >= 4 is 5.82 Å². The van der Waals surface area contributed by atoms with E-state index in [9.17, 15) is 5.11 Å². The zero-order valence-corrected chi connectivity index (χ0v) is 18.2. The summed E-state index contributed by atoms with van der Waals surface area (Å²) in [5.74, 6) is 2.42. The van der Waals surface area contributed by atoms with Gasteiger partial charge in [-0.05, 0) is 30.2 Å². The summed E-state index contributed by atoms with van der Waals surface area (Å²) in [4.78, 5) is 1.89. The van der Waals surface area contributed by atoms with Crippen LogP contribution in [-0.4, -0.2) is 48.7 Å². The minimum Gasteiger partial charge on any atom is -0.493 e. The lowest BCUT2D eigenvalue weighted by Gasteiger charge is -2.20. The quantitative estimate of drug-likeness (QED) is 0.709. The maximum Gasteiger partial charge on any atom is 0.193 e. The topological polar surface area (TPSA) is 70.5 Å². The average Bonchev–Trinajstić information content (AvgIpc) is 3.12. The molecule has 1 saturated carbocycles. The molecular weight excluding hydrogens is 364 g/mol. The number of nitrogens with zero attached hydrogens (tertiary/aromatic N) is 3. The van der Waals surface area contributed by atoms with Gasteiger partial charge in [-0.2, -0.15) is 0 Å². The van der Waals surface area contributed by atoms with E-state index in [0.717, 1.165) is 37.1 Å². The molecule has 1 heterocycles. The van der Waals surface area contributed by atoms with E-state index >= 15 is 0 Å². The molecule has 1 aromatic carbocycles. The first kappa shape index (κ1) is 21.5. The van der Waals surface area contributed by atoms with Crippen molar-refractivity contribution in [1.29, 1.82) is 0 Å². The number of aliphatic hydroxyl groups is 1. The van der Waals surface area contributed by atoms with Gasteiger partial charge in [-0.1, -0.05) is 44.5 Å². The largest absolute Gasteiger partial charge is 0.493 e. The van der Waals surface area contributed by atoms with Gasteiger partial charge in [0.25, 0.3) is 0 Å². The number of aromatic nitrogens is 2. The number of nitrogens with one attached hydrogen (secondary N) is 1. The van der Waals surface area contributed by atoms with Gasteiger partial charge >= 0.3 is 0 Å². The molecule has 0 bridgehead atoms. The van der Waals surface area contributed by atoms with Crippen molar-refractivity contribution in [2.75, 3.05) is 26.1 Å². The lowest BCUT2D eigenvalue weighted by Crippen LogP contribution is -2.26. The summed E-state index contributed by atoms with van der Waals surface area (Å²) in [5, 5.41) is 22.6. The van der Waals surface area contributed by atoms with Crippen LogP contribution in [0.15, 0.2) is 30.3 Å². The van der Waals surface area contributed by atoms with Gasteiger partial charge in [-0.25, -0.2) is 0 Å². The van der Waals surface area contributed by atoms with Crippen molar-refractivity contribution in [3.05, 3.63) is 35.9 Å². The van der Waals surface area contributed by atoms with Crippen LogP contribution >= 0.6 is 0 Å². The van der Waals surface area contributed by atoms with Gasteiger partial charge in [0.1, 0.15) is 0 Å². The van der Waals surface area contributed by atoms with E-state index in [1.165, 1.54) is 5.56 Å². The third-order valence-electron chi connectivity index (χ3n) is 6.18. The van der Waals surface area contributed by atoms with Crippen LogP contribution in [0.1, 0.15) is 38.7 Å². The Kier molecular flexibility index (Phi) is 7.09. The number of benzene rings is 1.